The summed E-state index contributed by atoms with van der Waals surface area (Å²) in [4.78, 5) is 2.44. The van der Waals surface area contributed by atoms with Crippen molar-refractivity contribution in [1.82, 2.24) is 4.90 Å². The zero-order chi connectivity index (χ0) is 14.8. The summed E-state index contributed by atoms with van der Waals surface area (Å²) >= 11 is 0. The van der Waals surface area contributed by atoms with Gasteiger partial charge in [-0.2, -0.15) is 0 Å². The summed E-state index contributed by atoms with van der Waals surface area (Å²) in [5, 5.41) is 0. The molecule has 110 valence electrons. The van der Waals surface area contributed by atoms with Gasteiger partial charge in [0.25, 0.3) is 0 Å². The second kappa shape index (κ2) is 5.88. The fourth-order valence-electron chi connectivity index (χ4n) is 2.70. The Balaban J connectivity index is 2.06. The van der Waals surface area contributed by atoms with Crippen molar-refractivity contribution in [3.8, 4) is 5.75 Å². The van der Waals surface area contributed by atoms with E-state index >= 15 is 0 Å². The largest absolute Gasteiger partial charge is 0.496 e. The lowest BCUT2D eigenvalue weighted by atomic mass is 9.83. The first-order valence-corrected chi connectivity index (χ1v) is 7.24. The second-order valence-electron chi connectivity index (χ2n) is 6.54. The standard InChI is InChI=1S/C17H26N2O/c1-17(2,3)14-7-9-19(10-8-14)12-13-11-15(18)5-6-16(13)20-4/h5-7,11H,8-10,12,18H2,1-4H3. The number of nitrogens with zero attached hydrogens (tertiary/aromatic N) is 1. The number of nitrogen functional groups attached to an aromatic ring is 1. The van der Waals surface area contributed by atoms with E-state index in [4.69, 9.17) is 10.5 Å². The molecule has 2 N–H and O–H groups in total. The number of methoxy groups -OCH3 is 1. The van der Waals surface area contributed by atoms with E-state index < -0.39 is 0 Å². The zero-order valence-electron chi connectivity index (χ0n) is 13.1. The van der Waals surface area contributed by atoms with E-state index in [0.29, 0.717) is 5.41 Å². The van der Waals surface area contributed by atoms with Gasteiger partial charge in [-0.05, 0) is 30.0 Å². The van der Waals surface area contributed by atoms with Crippen LogP contribution in [-0.2, 0) is 6.54 Å². The van der Waals surface area contributed by atoms with Gasteiger partial charge in [-0.15, -0.1) is 0 Å². The molecular weight excluding hydrogens is 248 g/mol. The maximum Gasteiger partial charge on any atom is 0.123 e. The average molecular weight is 274 g/mol. The molecule has 0 saturated carbocycles. The van der Waals surface area contributed by atoms with Gasteiger partial charge in [-0.25, -0.2) is 0 Å². The van der Waals surface area contributed by atoms with E-state index in [9.17, 15) is 0 Å². The van der Waals surface area contributed by atoms with Crippen molar-refractivity contribution >= 4 is 5.69 Å². The lowest BCUT2D eigenvalue weighted by Gasteiger charge is -2.32. The van der Waals surface area contributed by atoms with Crippen molar-refractivity contribution < 1.29 is 4.74 Å². The van der Waals surface area contributed by atoms with Gasteiger partial charge in [0.1, 0.15) is 5.75 Å². The molecule has 0 aliphatic carbocycles. The van der Waals surface area contributed by atoms with Crippen LogP contribution in [0.2, 0.25) is 0 Å². The molecule has 0 saturated heterocycles. The van der Waals surface area contributed by atoms with Gasteiger partial charge in [-0.1, -0.05) is 32.4 Å². The molecule has 1 aromatic carbocycles. The van der Waals surface area contributed by atoms with Gasteiger partial charge >= 0.3 is 0 Å². The Hall–Kier alpha value is -1.48. The fourth-order valence-corrected chi connectivity index (χ4v) is 2.70. The van der Waals surface area contributed by atoms with Crippen molar-refractivity contribution in [1.29, 1.82) is 0 Å². The number of hydrogen-bond donors (Lipinski definition) is 1. The van der Waals surface area contributed by atoms with Crippen LogP contribution in [0.15, 0.2) is 29.8 Å². The third-order valence-electron chi connectivity index (χ3n) is 3.96. The normalized spacial score (nSPS) is 16.9. The lowest BCUT2D eigenvalue weighted by molar-refractivity contribution is 0.267. The van der Waals surface area contributed by atoms with Crippen LogP contribution < -0.4 is 10.5 Å². The molecule has 0 unspecified atom stereocenters. The molecule has 1 aliphatic rings. The average Bonchev–Trinajstić information content (AvgIpc) is 2.38. The minimum atomic E-state index is 0.293. The Morgan fingerprint density at radius 1 is 1.30 bits per heavy atom. The number of benzene rings is 1. The van der Waals surface area contributed by atoms with Crippen LogP contribution in [0, 0.1) is 5.41 Å². The molecule has 0 fully saturated rings. The Kier molecular flexibility index (Phi) is 4.39. The Morgan fingerprint density at radius 2 is 2.05 bits per heavy atom. The van der Waals surface area contributed by atoms with E-state index in [0.717, 1.165) is 37.5 Å². The first-order chi connectivity index (χ1) is 9.40. The maximum atomic E-state index is 5.88. The minimum absolute atomic E-state index is 0.293. The Bertz CT molecular complexity index is 500. The molecule has 1 heterocycles. The first-order valence-electron chi connectivity index (χ1n) is 7.24. The van der Waals surface area contributed by atoms with E-state index in [1.165, 1.54) is 5.56 Å². The predicted octanol–water partition coefficient (Wildman–Crippen LogP) is 3.46. The highest BCUT2D eigenvalue weighted by Gasteiger charge is 2.21. The summed E-state index contributed by atoms with van der Waals surface area (Å²) in [6.45, 7) is 9.86. The van der Waals surface area contributed by atoms with Crippen LogP contribution in [0.1, 0.15) is 32.8 Å². The third-order valence-corrected chi connectivity index (χ3v) is 3.96. The van der Waals surface area contributed by atoms with Gasteiger partial charge < -0.3 is 10.5 Å². The molecule has 3 nitrogen and oxygen atoms in total. The van der Waals surface area contributed by atoms with E-state index in [2.05, 4.69) is 31.7 Å². The number of rotatable bonds is 3. The van der Waals surface area contributed by atoms with Gasteiger partial charge in [0.05, 0.1) is 7.11 Å². The number of nitrogens with two attached hydrogens (primary N) is 1. The Labute approximate surface area is 122 Å². The molecule has 20 heavy (non-hydrogen) atoms. The fraction of sp³-hybridized carbons (Fsp3) is 0.529. The SMILES string of the molecule is COc1ccc(N)cc1CN1CC=C(C(C)(C)C)CC1. The number of anilines is 1. The molecule has 0 bridgehead atoms. The highest BCUT2D eigenvalue weighted by atomic mass is 16.5. The summed E-state index contributed by atoms with van der Waals surface area (Å²) in [6.07, 6.45) is 3.52. The van der Waals surface area contributed by atoms with E-state index in [-0.39, 0.29) is 0 Å². The molecule has 0 atom stereocenters. The van der Waals surface area contributed by atoms with Crippen LogP contribution in [0.25, 0.3) is 0 Å². The molecular formula is C17H26N2O. The molecule has 3 heteroatoms. The van der Waals surface area contributed by atoms with Crippen molar-refractivity contribution in [2.24, 2.45) is 5.41 Å². The topological polar surface area (TPSA) is 38.5 Å². The van der Waals surface area contributed by atoms with Crippen molar-refractivity contribution in [2.75, 3.05) is 25.9 Å². The summed E-state index contributed by atoms with van der Waals surface area (Å²) in [7, 11) is 1.71. The molecule has 0 spiro atoms. The molecule has 0 aromatic heterocycles. The van der Waals surface area contributed by atoms with Gasteiger partial charge in [0.2, 0.25) is 0 Å². The molecule has 0 amide bonds. The number of hydrogen-bond acceptors (Lipinski definition) is 3. The third kappa shape index (κ3) is 3.54. The smallest absolute Gasteiger partial charge is 0.123 e. The van der Waals surface area contributed by atoms with E-state index in [1.807, 2.05) is 18.2 Å². The van der Waals surface area contributed by atoms with Gasteiger partial charge in [-0.3, -0.25) is 4.90 Å². The van der Waals surface area contributed by atoms with Crippen LogP contribution in [0.3, 0.4) is 0 Å². The molecule has 1 aromatic rings. The summed E-state index contributed by atoms with van der Waals surface area (Å²) in [5.74, 6) is 0.921. The van der Waals surface area contributed by atoms with Gasteiger partial charge in [0.15, 0.2) is 0 Å². The van der Waals surface area contributed by atoms with Crippen molar-refractivity contribution in [2.45, 2.75) is 33.7 Å². The lowest BCUT2D eigenvalue weighted by Crippen LogP contribution is -2.31. The molecule has 2 rings (SSSR count). The van der Waals surface area contributed by atoms with Gasteiger partial charge in [0, 0.05) is 30.9 Å². The van der Waals surface area contributed by atoms with Crippen LogP contribution in [0.5, 0.6) is 5.75 Å². The molecule has 1 aliphatic heterocycles. The second-order valence-corrected chi connectivity index (χ2v) is 6.54. The summed E-state index contributed by atoms with van der Waals surface area (Å²) in [5.41, 5.74) is 9.70. The maximum absolute atomic E-state index is 5.88. The van der Waals surface area contributed by atoms with Crippen molar-refractivity contribution in [3.63, 3.8) is 0 Å². The predicted molar refractivity (Wildman–Crippen MR) is 84.8 cm³/mol. The van der Waals surface area contributed by atoms with Crippen LogP contribution >= 0.6 is 0 Å². The molecule has 0 radical (unpaired) electrons. The monoisotopic (exact) mass is 274 g/mol. The highest BCUT2D eigenvalue weighted by molar-refractivity contribution is 5.47. The summed E-state index contributed by atoms with van der Waals surface area (Å²) in [6, 6.07) is 5.85. The summed E-state index contributed by atoms with van der Waals surface area (Å²) < 4.78 is 5.42. The highest BCUT2D eigenvalue weighted by Crippen LogP contribution is 2.31. The minimum Gasteiger partial charge on any atom is -0.496 e. The quantitative estimate of drug-likeness (QED) is 0.677. The van der Waals surface area contributed by atoms with Crippen molar-refractivity contribution in [3.05, 3.63) is 35.4 Å². The first kappa shape index (κ1) is 14.9. The van der Waals surface area contributed by atoms with Crippen LogP contribution in [-0.4, -0.2) is 25.1 Å². The number of ether oxygens (including phenoxy) is 1. The van der Waals surface area contributed by atoms with Crippen LogP contribution in [0.4, 0.5) is 5.69 Å². The van der Waals surface area contributed by atoms with E-state index in [1.54, 1.807) is 12.7 Å². The zero-order valence-corrected chi connectivity index (χ0v) is 13.1. The Morgan fingerprint density at radius 3 is 2.60 bits per heavy atom.